The Morgan fingerprint density at radius 3 is 3.05 bits per heavy atom. The molecule has 0 aromatic carbocycles. The van der Waals surface area contributed by atoms with E-state index in [1.165, 1.54) is 19.4 Å². The Balaban J connectivity index is 1.82. The van der Waals surface area contributed by atoms with Gasteiger partial charge < -0.3 is 0 Å². The summed E-state index contributed by atoms with van der Waals surface area (Å²) in [5, 5.41) is 4.50. The van der Waals surface area contributed by atoms with Crippen LogP contribution in [0.2, 0.25) is 0 Å². The average molecular weight is 272 g/mol. The predicted molar refractivity (Wildman–Crippen MR) is 76.9 cm³/mol. The van der Waals surface area contributed by atoms with Gasteiger partial charge in [-0.1, -0.05) is 0 Å². The molecule has 0 amide bonds. The number of carbonyl (C=O) groups is 1. The Hall–Kier alpha value is -1.75. The van der Waals surface area contributed by atoms with E-state index in [2.05, 4.69) is 28.8 Å². The number of hydrogen-bond donors (Lipinski definition) is 0. The molecule has 0 N–H and O–H groups in total. The summed E-state index contributed by atoms with van der Waals surface area (Å²) in [6.07, 6.45) is 5.92. The number of nitrogens with zero attached hydrogens (tertiary/aromatic N) is 4. The van der Waals surface area contributed by atoms with E-state index in [-0.39, 0.29) is 0 Å². The molecule has 3 rings (SSSR count). The largest absolute Gasteiger partial charge is 0.298 e. The third kappa shape index (κ3) is 2.45. The van der Waals surface area contributed by atoms with Crippen LogP contribution >= 0.6 is 0 Å². The third-order valence-corrected chi connectivity index (χ3v) is 4.04. The summed E-state index contributed by atoms with van der Waals surface area (Å²) in [6.45, 7) is 5.66. The Kier molecular flexibility index (Phi) is 3.53. The highest BCUT2D eigenvalue weighted by Gasteiger charge is 2.27. The summed E-state index contributed by atoms with van der Waals surface area (Å²) in [4.78, 5) is 17.9. The standard InChI is InChI=1S/C15H20N4O/c1-11(2)18-7-3-4-13(18)8-14-16-15-6-5-12(10-20)9-19(15)17-14/h5-6,9-11,13H,3-4,7-8H2,1-2H3. The average Bonchev–Trinajstić information content (AvgIpc) is 3.03. The van der Waals surface area contributed by atoms with Gasteiger partial charge in [-0.2, -0.15) is 5.10 Å². The summed E-state index contributed by atoms with van der Waals surface area (Å²) < 4.78 is 1.70. The molecule has 1 unspecified atom stereocenters. The van der Waals surface area contributed by atoms with E-state index in [1.807, 2.05) is 6.07 Å². The zero-order valence-electron chi connectivity index (χ0n) is 12.0. The number of aldehydes is 1. The van der Waals surface area contributed by atoms with Gasteiger partial charge in [0, 0.05) is 30.3 Å². The van der Waals surface area contributed by atoms with Crippen LogP contribution in [-0.4, -0.2) is 44.4 Å². The molecular weight excluding hydrogens is 252 g/mol. The molecule has 0 bridgehead atoms. The molecule has 5 nitrogen and oxygen atoms in total. The normalized spacial score (nSPS) is 20.1. The first kappa shape index (κ1) is 13.2. The molecule has 20 heavy (non-hydrogen) atoms. The highest BCUT2D eigenvalue weighted by Crippen LogP contribution is 2.22. The predicted octanol–water partition coefficient (Wildman–Crippen LogP) is 1.96. The second-order valence-electron chi connectivity index (χ2n) is 5.74. The smallest absolute Gasteiger partial charge is 0.155 e. The molecule has 1 fully saturated rings. The van der Waals surface area contributed by atoms with E-state index in [4.69, 9.17) is 0 Å². The molecule has 106 valence electrons. The van der Waals surface area contributed by atoms with Crippen molar-refractivity contribution >= 4 is 11.9 Å². The van der Waals surface area contributed by atoms with Crippen LogP contribution in [0.3, 0.4) is 0 Å². The van der Waals surface area contributed by atoms with Gasteiger partial charge in [-0.25, -0.2) is 9.50 Å². The highest BCUT2D eigenvalue weighted by atomic mass is 16.1. The first-order valence-electron chi connectivity index (χ1n) is 7.23. The summed E-state index contributed by atoms with van der Waals surface area (Å²) in [7, 11) is 0. The SMILES string of the molecule is CC(C)N1CCCC1Cc1nc2ccc(C=O)cn2n1. The topological polar surface area (TPSA) is 50.5 Å². The van der Waals surface area contributed by atoms with Crippen molar-refractivity contribution in [2.24, 2.45) is 0 Å². The molecule has 1 atom stereocenters. The molecule has 3 heterocycles. The quantitative estimate of drug-likeness (QED) is 0.798. The van der Waals surface area contributed by atoms with Gasteiger partial charge in [0.2, 0.25) is 0 Å². The monoisotopic (exact) mass is 272 g/mol. The minimum atomic E-state index is 0.540. The fraction of sp³-hybridized carbons (Fsp3) is 0.533. The first-order valence-corrected chi connectivity index (χ1v) is 7.23. The van der Waals surface area contributed by atoms with E-state index in [1.54, 1.807) is 16.8 Å². The minimum Gasteiger partial charge on any atom is -0.298 e. The van der Waals surface area contributed by atoms with Gasteiger partial charge in [0.25, 0.3) is 0 Å². The lowest BCUT2D eigenvalue weighted by Crippen LogP contribution is -2.36. The first-order chi connectivity index (χ1) is 9.67. The van der Waals surface area contributed by atoms with Crippen molar-refractivity contribution in [1.82, 2.24) is 19.5 Å². The molecule has 2 aromatic heterocycles. The Bertz CT molecular complexity index is 619. The fourth-order valence-corrected chi connectivity index (χ4v) is 3.07. The van der Waals surface area contributed by atoms with Gasteiger partial charge in [-0.15, -0.1) is 0 Å². The van der Waals surface area contributed by atoms with Crippen LogP contribution in [0.25, 0.3) is 5.65 Å². The van der Waals surface area contributed by atoms with E-state index >= 15 is 0 Å². The summed E-state index contributed by atoms with van der Waals surface area (Å²) in [5.74, 6) is 0.866. The van der Waals surface area contributed by atoms with Gasteiger partial charge in [-0.05, 0) is 45.4 Å². The van der Waals surface area contributed by atoms with E-state index in [9.17, 15) is 4.79 Å². The number of rotatable bonds is 4. The van der Waals surface area contributed by atoms with Crippen molar-refractivity contribution in [2.45, 2.75) is 45.2 Å². The van der Waals surface area contributed by atoms with Gasteiger partial charge in [0.05, 0.1) is 0 Å². The number of aromatic nitrogens is 3. The summed E-state index contributed by atoms with van der Waals surface area (Å²) >= 11 is 0. The lowest BCUT2D eigenvalue weighted by molar-refractivity contribution is 0.112. The number of likely N-dealkylation sites (tertiary alicyclic amines) is 1. The van der Waals surface area contributed by atoms with Crippen LogP contribution in [0.4, 0.5) is 0 Å². The molecule has 1 aliphatic heterocycles. The molecule has 0 spiro atoms. The Morgan fingerprint density at radius 2 is 2.30 bits per heavy atom. The number of hydrogen-bond acceptors (Lipinski definition) is 4. The van der Waals surface area contributed by atoms with E-state index < -0.39 is 0 Å². The maximum Gasteiger partial charge on any atom is 0.155 e. The van der Waals surface area contributed by atoms with Crippen molar-refractivity contribution in [3.63, 3.8) is 0 Å². The van der Waals surface area contributed by atoms with Crippen LogP contribution in [-0.2, 0) is 6.42 Å². The maximum absolute atomic E-state index is 10.8. The minimum absolute atomic E-state index is 0.540. The van der Waals surface area contributed by atoms with E-state index in [0.717, 1.165) is 24.2 Å². The second-order valence-corrected chi connectivity index (χ2v) is 5.74. The highest BCUT2D eigenvalue weighted by molar-refractivity contribution is 5.74. The summed E-state index contributed by atoms with van der Waals surface area (Å²) in [5.41, 5.74) is 1.43. The van der Waals surface area contributed by atoms with Gasteiger partial charge >= 0.3 is 0 Å². The fourth-order valence-electron chi connectivity index (χ4n) is 3.07. The summed E-state index contributed by atoms with van der Waals surface area (Å²) in [6, 6.07) is 4.73. The molecule has 0 saturated carbocycles. The molecule has 2 aromatic rings. The molecule has 1 saturated heterocycles. The van der Waals surface area contributed by atoms with Crippen LogP contribution in [0.1, 0.15) is 42.9 Å². The number of pyridine rings is 1. The number of fused-ring (bicyclic) bond motifs is 1. The zero-order valence-corrected chi connectivity index (χ0v) is 12.0. The Morgan fingerprint density at radius 1 is 1.45 bits per heavy atom. The second kappa shape index (κ2) is 5.32. The molecule has 0 aliphatic carbocycles. The van der Waals surface area contributed by atoms with Gasteiger partial charge in [-0.3, -0.25) is 9.69 Å². The third-order valence-electron chi connectivity index (χ3n) is 4.04. The molecule has 0 radical (unpaired) electrons. The molecular formula is C15H20N4O. The number of carbonyl (C=O) groups excluding carboxylic acids is 1. The maximum atomic E-state index is 10.8. The van der Waals surface area contributed by atoms with Crippen LogP contribution in [0.5, 0.6) is 0 Å². The lowest BCUT2D eigenvalue weighted by atomic mass is 10.1. The van der Waals surface area contributed by atoms with Crippen LogP contribution < -0.4 is 0 Å². The van der Waals surface area contributed by atoms with Crippen molar-refractivity contribution in [3.05, 3.63) is 29.7 Å². The lowest BCUT2D eigenvalue weighted by Gasteiger charge is -2.27. The van der Waals surface area contributed by atoms with Crippen LogP contribution in [0, 0.1) is 0 Å². The Labute approximate surface area is 118 Å². The zero-order chi connectivity index (χ0) is 14.1. The molecule has 1 aliphatic rings. The van der Waals surface area contributed by atoms with Crippen molar-refractivity contribution in [3.8, 4) is 0 Å². The molecule has 5 heteroatoms. The van der Waals surface area contributed by atoms with E-state index in [0.29, 0.717) is 17.6 Å². The van der Waals surface area contributed by atoms with Gasteiger partial charge in [0.1, 0.15) is 0 Å². The van der Waals surface area contributed by atoms with Crippen molar-refractivity contribution in [2.75, 3.05) is 6.54 Å². The van der Waals surface area contributed by atoms with Crippen molar-refractivity contribution < 1.29 is 4.79 Å². The van der Waals surface area contributed by atoms with Crippen molar-refractivity contribution in [1.29, 1.82) is 0 Å². The van der Waals surface area contributed by atoms with Gasteiger partial charge in [0.15, 0.2) is 17.8 Å². The van der Waals surface area contributed by atoms with Crippen LogP contribution in [0.15, 0.2) is 18.3 Å².